The summed E-state index contributed by atoms with van der Waals surface area (Å²) >= 11 is 0. The predicted molar refractivity (Wildman–Crippen MR) is 338 cm³/mol. The summed E-state index contributed by atoms with van der Waals surface area (Å²) < 4.78 is 34.3. The van der Waals surface area contributed by atoms with Gasteiger partial charge in [-0.15, -0.1) is 0 Å². The van der Waals surface area contributed by atoms with Gasteiger partial charge in [0.05, 0.1) is 27.7 Å². The van der Waals surface area contributed by atoms with Crippen molar-refractivity contribution < 1.29 is 42.1 Å². The number of hydrogen-bond acceptors (Lipinski definition) is 8. The van der Waals surface area contributed by atoms with Crippen molar-refractivity contribution in [3.63, 3.8) is 0 Å². The van der Waals surface area contributed by atoms with Crippen LogP contribution < -0.4 is 4.89 Å². The first-order valence-electron chi connectivity index (χ1n) is 34.5. The Hall–Kier alpha value is -1.51. The summed E-state index contributed by atoms with van der Waals surface area (Å²) in [6.07, 6.45) is 75.5. The molecule has 0 saturated heterocycles. The van der Waals surface area contributed by atoms with E-state index >= 15 is 0 Å². The number of esters is 2. The second-order valence-electron chi connectivity index (χ2n) is 24.9. The smallest absolute Gasteiger partial charge is 0.306 e. The van der Waals surface area contributed by atoms with Crippen LogP contribution in [0.15, 0.2) is 24.3 Å². The van der Waals surface area contributed by atoms with E-state index in [2.05, 4.69) is 38.2 Å². The molecule has 0 aromatic rings. The maximum Gasteiger partial charge on any atom is 0.306 e. The van der Waals surface area contributed by atoms with Crippen LogP contribution in [0.1, 0.15) is 354 Å². The largest absolute Gasteiger partial charge is 0.756 e. The van der Waals surface area contributed by atoms with Crippen molar-refractivity contribution in [1.29, 1.82) is 0 Å². The molecule has 0 amide bonds. The van der Waals surface area contributed by atoms with Crippen molar-refractivity contribution in [2.45, 2.75) is 360 Å². The minimum atomic E-state index is -4.64. The summed E-state index contributed by atoms with van der Waals surface area (Å²) in [7, 11) is 1.18. The van der Waals surface area contributed by atoms with Crippen molar-refractivity contribution in [2.75, 3.05) is 47.5 Å². The summed E-state index contributed by atoms with van der Waals surface area (Å²) in [6.45, 7) is 4.29. The molecule has 2 unspecified atom stereocenters. The molecule has 468 valence electrons. The lowest BCUT2D eigenvalue weighted by molar-refractivity contribution is -0.870. The summed E-state index contributed by atoms with van der Waals surface area (Å²) in [5.41, 5.74) is 0. The number of phosphoric acid groups is 1. The molecule has 0 heterocycles. The molecule has 0 rings (SSSR count). The Bertz CT molecular complexity index is 1380. The van der Waals surface area contributed by atoms with Crippen LogP contribution in [0.5, 0.6) is 0 Å². The fourth-order valence-corrected chi connectivity index (χ4v) is 11.1. The average molecular weight is 1140 g/mol. The van der Waals surface area contributed by atoms with Gasteiger partial charge in [0, 0.05) is 12.8 Å². The van der Waals surface area contributed by atoms with Crippen molar-refractivity contribution in [3.8, 4) is 0 Å². The van der Waals surface area contributed by atoms with E-state index in [-0.39, 0.29) is 32.0 Å². The molecule has 10 heteroatoms. The highest BCUT2D eigenvalue weighted by atomic mass is 31.2. The SMILES string of the molecule is CCCCCCC/C=C\C/C=C\CCCCCCCCCCCC(=O)OC(COC(=O)CCCCCCCCCCCCCCCCCCCCCCCCCCCCCCCCCCCC)COP(=O)([O-])OCC[N+](C)(C)C. The molecule has 0 aromatic carbocycles. The van der Waals surface area contributed by atoms with Gasteiger partial charge in [0.1, 0.15) is 19.8 Å². The molecule has 0 aliphatic heterocycles. The topological polar surface area (TPSA) is 111 Å². The van der Waals surface area contributed by atoms with Crippen LogP contribution in [0.25, 0.3) is 0 Å². The van der Waals surface area contributed by atoms with E-state index in [0.29, 0.717) is 17.4 Å². The molecule has 0 spiro atoms. The second-order valence-corrected chi connectivity index (χ2v) is 26.3. The summed E-state index contributed by atoms with van der Waals surface area (Å²) in [4.78, 5) is 38.0. The van der Waals surface area contributed by atoms with Gasteiger partial charge in [-0.2, -0.15) is 0 Å². The number of allylic oxidation sites excluding steroid dienone is 4. The lowest BCUT2D eigenvalue weighted by Crippen LogP contribution is -2.37. The third kappa shape index (κ3) is 65.5. The van der Waals surface area contributed by atoms with E-state index in [1.807, 2.05) is 21.1 Å². The summed E-state index contributed by atoms with van der Waals surface area (Å²) in [5, 5.41) is 0. The van der Waals surface area contributed by atoms with Crippen molar-refractivity contribution >= 4 is 19.8 Å². The molecule has 0 bridgehead atoms. The Morgan fingerprint density at radius 2 is 0.684 bits per heavy atom. The zero-order valence-corrected chi connectivity index (χ0v) is 54.2. The molecule has 79 heavy (non-hydrogen) atoms. The molecular weight excluding hydrogens is 1000 g/mol. The van der Waals surface area contributed by atoms with Crippen LogP contribution in [-0.2, 0) is 32.7 Å². The Morgan fingerprint density at radius 1 is 0.392 bits per heavy atom. The zero-order valence-electron chi connectivity index (χ0n) is 53.4. The highest BCUT2D eigenvalue weighted by Gasteiger charge is 2.22. The molecule has 0 saturated carbocycles. The summed E-state index contributed by atoms with van der Waals surface area (Å²) in [6, 6.07) is 0. The molecule has 9 nitrogen and oxygen atoms in total. The molecule has 0 aromatic heterocycles. The van der Waals surface area contributed by atoms with Crippen LogP contribution in [0.2, 0.25) is 0 Å². The van der Waals surface area contributed by atoms with Crippen molar-refractivity contribution in [2.24, 2.45) is 0 Å². The maximum atomic E-state index is 12.8. The molecular formula is C69H134NO8P. The van der Waals surface area contributed by atoms with Crippen LogP contribution in [0.4, 0.5) is 0 Å². The monoisotopic (exact) mass is 1140 g/mol. The van der Waals surface area contributed by atoms with Crippen LogP contribution in [0.3, 0.4) is 0 Å². The number of unbranched alkanes of at least 4 members (excludes halogenated alkanes) is 47. The predicted octanol–water partition coefficient (Wildman–Crippen LogP) is 21.5. The number of carbonyl (C=O) groups excluding carboxylic acids is 2. The van der Waals surface area contributed by atoms with E-state index in [1.165, 1.54) is 270 Å². The fraction of sp³-hybridized carbons (Fsp3) is 0.913. The number of ether oxygens (including phenoxy) is 2. The number of carbonyl (C=O) groups is 2. The van der Waals surface area contributed by atoms with Gasteiger partial charge < -0.3 is 27.9 Å². The Labute approximate surface area is 491 Å². The average Bonchev–Trinajstić information content (AvgIpc) is 3.41. The van der Waals surface area contributed by atoms with E-state index in [1.54, 1.807) is 0 Å². The lowest BCUT2D eigenvalue weighted by atomic mass is 10.0. The van der Waals surface area contributed by atoms with Crippen LogP contribution >= 0.6 is 7.82 Å². The first kappa shape index (κ1) is 77.5. The van der Waals surface area contributed by atoms with Crippen LogP contribution in [0, 0.1) is 0 Å². The quantitative estimate of drug-likeness (QED) is 0.0195. The normalized spacial score (nSPS) is 13.2. The van der Waals surface area contributed by atoms with Gasteiger partial charge in [0.15, 0.2) is 6.10 Å². The van der Waals surface area contributed by atoms with E-state index in [4.69, 9.17) is 18.5 Å². The minimum absolute atomic E-state index is 0.0291. The Morgan fingerprint density at radius 3 is 1.00 bits per heavy atom. The van der Waals surface area contributed by atoms with Gasteiger partial charge in [0.25, 0.3) is 7.82 Å². The zero-order chi connectivity index (χ0) is 57.7. The number of quaternary nitrogens is 1. The number of rotatable bonds is 65. The van der Waals surface area contributed by atoms with E-state index in [0.717, 1.165) is 51.4 Å². The molecule has 0 N–H and O–H groups in total. The highest BCUT2D eigenvalue weighted by molar-refractivity contribution is 7.45. The standard InChI is InChI=1S/C69H134NO8P/c1-6-8-10-12-14-16-18-20-22-24-26-28-29-30-31-32-33-34-35-36-37-38-39-40-42-43-45-47-49-51-53-55-57-59-61-68(71)75-65-67(66-77-79(73,74)76-64-63-70(3,4)5)78-69(72)62-60-58-56-54-52-50-48-46-44-41-27-25-23-21-19-17-15-13-11-9-7-2/h19,21,25,27,67H,6-18,20,22-24,26,28-66H2,1-5H3/b21-19-,27-25-. The van der Waals surface area contributed by atoms with Gasteiger partial charge in [-0.25, -0.2) is 0 Å². The van der Waals surface area contributed by atoms with E-state index in [9.17, 15) is 19.0 Å². The lowest BCUT2D eigenvalue weighted by Gasteiger charge is -2.28. The van der Waals surface area contributed by atoms with Gasteiger partial charge in [-0.05, 0) is 44.9 Å². The highest BCUT2D eigenvalue weighted by Crippen LogP contribution is 2.38. The minimum Gasteiger partial charge on any atom is -0.756 e. The first-order valence-corrected chi connectivity index (χ1v) is 36.0. The van der Waals surface area contributed by atoms with Crippen molar-refractivity contribution in [3.05, 3.63) is 24.3 Å². The molecule has 0 fully saturated rings. The maximum absolute atomic E-state index is 12.8. The molecule has 0 radical (unpaired) electrons. The van der Waals surface area contributed by atoms with Crippen molar-refractivity contribution in [1.82, 2.24) is 0 Å². The van der Waals surface area contributed by atoms with Gasteiger partial charge in [-0.1, -0.05) is 321 Å². The number of likely N-dealkylation sites (N-methyl/N-ethyl adjacent to an activating group) is 1. The molecule has 2 atom stereocenters. The number of phosphoric ester groups is 1. The Kier molecular flexibility index (Phi) is 59.9. The third-order valence-electron chi connectivity index (χ3n) is 15.7. The van der Waals surface area contributed by atoms with E-state index < -0.39 is 26.5 Å². The Balaban J connectivity index is 3.95. The van der Waals surface area contributed by atoms with Gasteiger partial charge >= 0.3 is 11.9 Å². The number of nitrogens with zero attached hydrogens (tertiary/aromatic N) is 1. The molecule has 0 aliphatic rings. The van der Waals surface area contributed by atoms with Crippen LogP contribution in [-0.4, -0.2) is 70.0 Å². The van der Waals surface area contributed by atoms with Gasteiger partial charge in [0.2, 0.25) is 0 Å². The second kappa shape index (κ2) is 61.1. The fourth-order valence-electron chi connectivity index (χ4n) is 10.4. The van der Waals surface area contributed by atoms with Gasteiger partial charge in [-0.3, -0.25) is 14.2 Å². The first-order chi connectivity index (χ1) is 38.5. The number of hydrogen-bond donors (Lipinski definition) is 0. The molecule has 0 aliphatic carbocycles. The third-order valence-corrected chi connectivity index (χ3v) is 16.7. The summed E-state index contributed by atoms with van der Waals surface area (Å²) in [5.74, 6) is -0.818.